The molecule has 3 atom stereocenters. The molecule has 52 heavy (non-hydrogen) atoms. The first-order chi connectivity index (χ1) is 25.2. The lowest BCUT2D eigenvalue weighted by molar-refractivity contribution is -0.154. The van der Waals surface area contributed by atoms with Crippen molar-refractivity contribution in [1.29, 1.82) is 0 Å². The van der Waals surface area contributed by atoms with Gasteiger partial charge in [-0.2, -0.15) is 0 Å². The van der Waals surface area contributed by atoms with Crippen LogP contribution in [0.5, 0.6) is 0 Å². The number of esters is 1. The van der Waals surface area contributed by atoms with Gasteiger partial charge in [-0.05, 0) is 64.2 Å². The lowest BCUT2D eigenvalue weighted by Crippen LogP contribution is -2.34. The number of hydrogen-bond acceptors (Lipinski definition) is 8. The number of carboxylic acids is 1. The molecule has 0 aliphatic carbocycles. The van der Waals surface area contributed by atoms with Crippen LogP contribution < -0.4 is 5.73 Å². The van der Waals surface area contributed by atoms with Crippen LogP contribution in [0, 0.1) is 0 Å². The molecule has 0 spiro atoms. The predicted molar refractivity (Wildman–Crippen MR) is 212 cm³/mol. The van der Waals surface area contributed by atoms with E-state index in [9.17, 15) is 19.0 Å². The summed E-state index contributed by atoms with van der Waals surface area (Å²) in [6, 6.07) is -1.47. The summed E-state index contributed by atoms with van der Waals surface area (Å²) in [7, 11) is -4.61. The molecular weight excluding hydrogens is 681 g/mol. The van der Waals surface area contributed by atoms with Crippen LogP contribution >= 0.6 is 7.82 Å². The van der Waals surface area contributed by atoms with Crippen molar-refractivity contribution < 1.29 is 42.7 Å². The maximum atomic E-state index is 12.6. The van der Waals surface area contributed by atoms with Crippen molar-refractivity contribution in [2.24, 2.45) is 5.73 Å². The lowest BCUT2D eigenvalue weighted by atomic mass is 10.1. The van der Waals surface area contributed by atoms with Gasteiger partial charge in [0.05, 0.1) is 19.8 Å². The molecule has 0 fully saturated rings. The molecule has 0 saturated carbocycles. The number of phosphoric acid groups is 1. The first kappa shape index (κ1) is 50.2. The van der Waals surface area contributed by atoms with Crippen molar-refractivity contribution in [3.05, 3.63) is 36.5 Å². The third-order valence-electron chi connectivity index (χ3n) is 8.64. The number of carbonyl (C=O) groups excluding carboxylic acids is 1. The zero-order valence-corrected chi connectivity index (χ0v) is 33.8. The summed E-state index contributed by atoms with van der Waals surface area (Å²) in [5.41, 5.74) is 5.34. The Hall–Kier alpha value is -1.81. The Balaban J connectivity index is 4.27. The second kappa shape index (κ2) is 37.5. The molecule has 0 aliphatic rings. The molecule has 0 aliphatic heterocycles. The van der Waals surface area contributed by atoms with Crippen LogP contribution in [0.1, 0.15) is 174 Å². The Labute approximate surface area is 317 Å². The lowest BCUT2D eigenvalue weighted by Gasteiger charge is -2.20. The third-order valence-corrected chi connectivity index (χ3v) is 9.59. The van der Waals surface area contributed by atoms with Crippen molar-refractivity contribution in [3.63, 3.8) is 0 Å². The van der Waals surface area contributed by atoms with Crippen molar-refractivity contribution in [3.8, 4) is 0 Å². The van der Waals surface area contributed by atoms with Crippen molar-refractivity contribution in [2.75, 3.05) is 26.4 Å². The summed E-state index contributed by atoms with van der Waals surface area (Å²) in [6.45, 7) is 3.80. The number of carboxylic acid groups (broad SMARTS) is 1. The number of rotatable bonds is 39. The van der Waals surface area contributed by atoms with E-state index in [-0.39, 0.29) is 13.0 Å². The maximum absolute atomic E-state index is 12.6. The molecular formula is C41H76NO9P. The van der Waals surface area contributed by atoms with Gasteiger partial charge >= 0.3 is 19.8 Å². The number of ether oxygens (including phenoxy) is 2. The van der Waals surface area contributed by atoms with Gasteiger partial charge in [0.2, 0.25) is 0 Å². The smallest absolute Gasteiger partial charge is 0.472 e. The van der Waals surface area contributed by atoms with Gasteiger partial charge in [-0.1, -0.05) is 140 Å². The average molecular weight is 758 g/mol. The molecule has 10 nitrogen and oxygen atoms in total. The molecule has 0 radical (unpaired) electrons. The minimum Gasteiger partial charge on any atom is -0.480 e. The van der Waals surface area contributed by atoms with Crippen LogP contribution in [-0.4, -0.2) is 60.5 Å². The Morgan fingerprint density at radius 3 is 1.63 bits per heavy atom. The molecule has 304 valence electrons. The van der Waals surface area contributed by atoms with Crippen molar-refractivity contribution in [1.82, 2.24) is 0 Å². The van der Waals surface area contributed by atoms with E-state index in [1.807, 2.05) is 0 Å². The minimum absolute atomic E-state index is 0.00968. The Bertz CT molecular complexity index is 972. The maximum Gasteiger partial charge on any atom is 0.472 e. The number of nitrogens with two attached hydrogens (primary N) is 1. The Morgan fingerprint density at radius 2 is 1.08 bits per heavy atom. The van der Waals surface area contributed by atoms with Crippen LogP contribution in [0.4, 0.5) is 0 Å². The zero-order valence-electron chi connectivity index (χ0n) is 32.9. The molecule has 11 heteroatoms. The second-order valence-corrected chi connectivity index (χ2v) is 15.2. The number of hydrogen-bond donors (Lipinski definition) is 3. The van der Waals surface area contributed by atoms with E-state index >= 15 is 0 Å². The summed E-state index contributed by atoms with van der Waals surface area (Å²) in [5.74, 6) is -1.79. The molecule has 0 aromatic rings. The molecule has 0 bridgehead atoms. The number of aliphatic carboxylic acids is 1. The summed E-state index contributed by atoms with van der Waals surface area (Å²) >= 11 is 0. The zero-order chi connectivity index (χ0) is 38.4. The highest BCUT2D eigenvalue weighted by Crippen LogP contribution is 2.43. The van der Waals surface area contributed by atoms with Gasteiger partial charge in [-0.15, -0.1) is 0 Å². The molecule has 0 heterocycles. The standard InChI is InChI=1S/C41H76NO9P/c1-3-5-7-9-11-13-15-17-18-19-20-21-22-23-25-27-29-31-33-40(43)51-38(36-49-52(46,47)50-37-39(42)41(44)45)35-48-34-32-30-28-26-24-16-14-12-10-8-6-4-2/h10,12-13,15,18-19,38-39H,3-9,11,14,16-17,20-37,42H2,1-2H3,(H,44,45)(H,46,47)/b12-10-,15-13-,19-18-. The number of carbonyl (C=O) groups is 2. The van der Waals surface area contributed by atoms with E-state index in [0.29, 0.717) is 13.0 Å². The third kappa shape index (κ3) is 36.5. The van der Waals surface area contributed by atoms with E-state index in [4.69, 9.17) is 29.4 Å². The van der Waals surface area contributed by atoms with Gasteiger partial charge < -0.3 is 25.2 Å². The topological polar surface area (TPSA) is 155 Å². The fourth-order valence-electron chi connectivity index (χ4n) is 5.38. The fourth-order valence-corrected chi connectivity index (χ4v) is 6.16. The Kier molecular flexibility index (Phi) is 36.2. The first-order valence-electron chi connectivity index (χ1n) is 20.5. The fraction of sp³-hybridized carbons (Fsp3) is 0.805. The molecule has 3 unspecified atom stereocenters. The van der Waals surface area contributed by atoms with Crippen LogP contribution in [0.2, 0.25) is 0 Å². The normalized spacial score (nSPS) is 14.4. The molecule has 0 amide bonds. The van der Waals surface area contributed by atoms with Crippen molar-refractivity contribution in [2.45, 2.75) is 187 Å². The average Bonchev–Trinajstić information content (AvgIpc) is 3.12. The predicted octanol–water partition coefficient (Wildman–Crippen LogP) is 10.9. The van der Waals surface area contributed by atoms with E-state index in [2.05, 4.69) is 50.3 Å². The van der Waals surface area contributed by atoms with E-state index in [1.54, 1.807) is 0 Å². The van der Waals surface area contributed by atoms with Gasteiger partial charge in [-0.25, -0.2) is 4.57 Å². The van der Waals surface area contributed by atoms with Gasteiger partial charge in [0.15, 0.2) is 0 Å². The largest absolute Gasteiger partial charge is 0.480 e. The summed E-state index contributed by atoms with van der Waals surface area (Å²) in [4.78, 5) is 33.4. The SMILES string of the molecule is CCCC/C=C\CCCCCCCCOCC(COP(=O)(O)OCC(N)C(=O)O)OC(=O)CCCCCCCCC/C=C\C/C=C\CCCCCC. The molecule has 0 rings (SSSR count). The Morgan fingerprint density at radius 1 is 0.615 bits per heavy atom. The van der Waals surface area contributed by atoms with Crippen LogP contribution in [0.3, 0.4) is 0 Å². The minimum atomic E-state index is -4.61. The van der Waals surface area contributed by atoms with Gasteiger partial charge in [0.25, 0.3) is 0 Å². The number of unbranched alkanes of at least 4 members (excludes halogenated alkanes) is 19. The van der Waals surface area contributed by atoms with Crippen LogP contribution in [0.25, 0.3) is 0 Å². The van der Waals surface area contributed by atoms with Crippen LogP contribution in [-0.2, 0) is 32.7 Å². The van der Waals surface area contributed by atoms with E-state index in [0.717, 1.165) is 57.8 Å². The van der Waals surface area contributed by atoms with Gasteiger partial charge in [0, 0.05) is 13.0 Å². The number of allylic oxidation sites excluding steroid dienone is 6. The van der Waals surface area contributed by atoms with Crippen molar-refractivity contribution >= 4 is 19.8 Å². The second-order valence-electron chi connectivity index (χ2n) is 13.8. The summed E-state index contributed by atoms with van der Waals surface area (Å²) in [6.07, 6.45) is 40.5. The summed E-state index contributed by atoms with van der Waals surface area (Å²) in [5, 5.41) is 8.87. The highest BCUT2D eigenvalue weighted by Gasteiger charge is 2.27. The molecule has 0 saturated heterocycles. The monoisotopic (exact) mass is 758 g/mol. The molecule has 0 aromatic carbocycles. The van der Waals surface area contributed by atoms with E-state index in [1.165, 1.54) is 89.9 Å². The molecule has 4 N–H and O–H groups in total. The van der Waals surface area contributed by atoms with E-state index < -0.39 is 45.1 Å². The quantitative estimate of drug-likeness (QED) is 0.0239. The summed E-state index contributed by atoms with van der Waals surface area (Å²) < 4.78 is 33.2. The number of phosphoric ester groups is 1. The molecule has 0 aromatic heterocycles. The first-order valence-corrected chi connectivity index (χ1v) is 22.0. The van der Waals surface area contributed by atoms with Crippen LogP contribution in [0.15, 0.2) is 36.5 Å². The highest BCUT2D eigenvalue weighted by molar-refractivity contribution is 7.47. The van der Waals surface area contributed by atoms with Gasteiger partial charge in [-0.3, -0.25) is 18.6 Å². The van der Waals surface area contributed by atoms with Gasteiger partial charge in [0.1, 0.15) is 12.1 Å². The highest BCUT2D eigenvalue weighted by atomic mass is 31.2.